The van der Waals surface area contributed by atoms with Crippen molar-refractivity contribution < 1.29 is 28.9 Å². The molecule has 5 N–H and O–H groups in total. The molecule has 0 saturated carbocycles. The second-order valence-corrected chi connectivity index (χ2v) is 11.3. The average Bonchev–Trinajstić information content (AvgIpc) is 2.89. The molecular weight excluding hydrogens is 582 g/mol. The molecule has 13 heteroatoms. The quantitative estimate of drug-likeness (QED) is 0.178. The van der Waals surface area contributed by atoms with Gasteiger partial charge in [0.15, 0.2) is 18.9 Å². The number of pyridine rings is 1. The summed E-state index contributed by atoms with van der Waals surface area (Å²) in [6, 6.07) is 10.1. The Morgan fingerprint density at radius 1 is 1.27 bits per heavy atom. The molecule has 4 rings (SSSR count). The van der Waals surface area contributed by atoms with Crippen LogP contribution >= 0.6 is 39.5 Å². The number of nitrogens with one attached hydrogen (secondary N) is 2. The number of nitrogens with zero attached hydrogens (tertiary/aromatic N) is 2. The lowest BCUT2D eigenvalue weighted by Gasteiger charge is -2.49. The van der Waals surface area contributed by atoms with E-state index < -0.39 is 23.3 Å². The molecule has 1 aromatic heterocycles. The van der Waals surface area contributed by atoms with Gasteiger partial charge in [0, 0.05) is 39.9 Å². The summed E-state index contributed by atoms with van der Waals surface area (Å²) in [6.45, 7) is 0.863. The first kappa shape index (κ1) is 27.2. The molecule has 0 spiro atoms. The zero-order valence-corrected chi connectivity index (χ0v) is 22.8. The topological polar surface area (TPSA) is 146 Å². The highest BCUT2D eigenvalue weighted by Crippen LogP contribution is 2.40. The van der Waals surface area contributed by atoms with Crippen LogP contribution < -0.4 is 20.9 Å². The van der Waals surface area contributed by atoms with E-state index in [-0.39, 0.29) is 29.8 Å². The minimum Gasteiger partial charge on any atom is -0.477 e. The molecule has 2 aromatic rings. The molecule has 10 nitrogen and oxygen atoms in total. The van der Waals surface area contributed by atoms with Crippen molar-refractivity contribution in [2.24, 2.45) is 5.73 Å². The van der Waals surface area contributed by atoms with Crippen LogP contribution in [0.5, 0.6) is 0 Å². The molecule has 0 bridgehead atoms. The van der Waals surface area contributed by atoms with Gasteiger partial charge in [0.05, 0.1) is 5.75 Å². The minimum absolute atomic E-state index is 0.0757. The van der Waals surface area contributed by atoms with Gasteiger partial charge in [0.1, 0.15) is 22.7 Å². The largest absolute Gasteiger partial charge is 0.477 e. The number of carbonyl (C=O) groups is 4. The van der Waals surface area contributed by atoms with Gasteiger partial charge in [-0.1, -0.05) is 22.0 Å². The van der Waals surface area contributed by atoms with Crippen molar-refractivity contribution in [3.63, 3.8) is 0 Å². The van der Waals surface area contributed by atoms with Crippen LogP contribution in [0.25, 0.3) is 0 Å². The minimum atomic E-state index is -1.21. The fourth-order valence-corrected chi connectivity index (χ4v) is 6.64. The lowest BCUT2D eigenvalue weighted by Crippen LogP contribution is -2.71. The number of nitrogens with two attached hydrogens (primary N) is 1. The average molecular weight is 608 g/mol. The number of aromatic nitrogens is 1. The van der Waals surface area contributed by atoms with Crippen LogP contribution in [-0.2, 0) is 20.9 Å². The van der Waals surface area contributed by atoms with E-state index >= 15 is 0 Å². The predicted octanol–water partition coefficient (Wildman–Crippen LogP) is 0.956. The molecule has 2 atom stereocenters. The summed E-state index contributed by atoms with van der Waals surface area (Å²) in [4.78, 5) is 52.0. The summed E-state index contributed by atoms with van der Waals surface area (Å²) in [5.74, 6) is -1.73. The van der Waals surface area contributed by atoms with Gasteiger partial charge in [-0.2, -0.15) is 0 Å². The number of carboxylic acid groups (broad SMARTS) is 1. The summed E-state index contributed by atoms with van der Waals surface area (Å²) in [5, 5.41) is 14.9. The highest BCUT2D eigenvalue weighted by Gasteiger charge is 2.54. The van der Waals surface area contributed by atoms with Gasteiger partial charge < -0.3 is 21.5 Å². The van der Waals surface area contributed by atoms with Gasteiger partial charge in [-0.3, -0.25) is 19.3 Å². The molecule has 0 unspecified atom stereocenters. The van der Waals surface area contributed by atoms with E-state index in [4.69, 9.17) is 5.73 Å². The standard InChI is InChI=1S/C24H24BrN5O5S2/c25-16-4-1-5-17(9-16)36-13-18(31)28-19-22(33)30-20(24(34)35)15(12-37-23(19)30)11-29-8-2-3-14(10-29)21(32)27-7-6-26/h1-5,8-10,19,23H,6-7,11-13,26H2,(H2-,27,28,31,32,34,35)/p+1/t19-,23+/m0/s1. The second kappa shape index (κ2) is 12.1. The Bertz CT molecular complexity index is 1270. The fourth-order valence-electron chi connectivity index (χ4n) is 3.99. The predicted molar refractivity (Wildman–Crippen MR) is 143 cm³/mol. The smallest absolute Gasteiger partial charge is 0.352 e. The Labute approximate surface area is 230 Å². The number of fused-ring (bicyclic) bond motifs is 1. The molecule has 3 heterocycles. The molecule has 0 radical (unpaired) electrons. The lowest BCUT2D eigenvalue weighted by atomic mass is 10.0. The van der Waals surface area contributed by atoms with Gasteiger partial charge in [-0.15, -0.1) is 23.5 Å². The van der Waals surface area contributed by atoms with Crippen LogP contribution in [0.15, 0.2) is 69.4 Å². The van der Waals surface area contributed by atoms with E-state index in [1.165, 1.54) is 28.4 Å². The maximum absolute atomic E-state index is 12.9. The van der Waals surface area contributed by atoms with Crippen molar-refractivity contribution in [1.29, 1.82) is 0 Å². The van der Waals surface area contributed by atoms with Crippen molar-refractivity contribution in [3.05, 3.63) is 70.1 Å². The number of thioether (sulfide) groups is 2. The Morgan fingerprint density at radius 2 is 2.08 bits per heavy atom. The molecule has 1 aromatic carbocycles. The van der Waals surface area contributed by atoms with Crippen molar-refractivity contribution >= 4 is 63.1 Å². The molecule has 194 valence electrons. The highest BCUT2D eigenvalue weighted by molar-refractivity contribution is 9.10. The van der Waals surface area contributed by atoms with E-state index in [9.17, 15) is 24.3 Å². The number of carbonyl (C=O) groups excluding carboxylic acids is 3. The van der Waals surface area contributed by atoms with Crippen LogP contribution in [0.4, 0.5) is 0 Å². The molecule has 0 aliphatic carbocycles. The first-order valence-electron chi connectivity index (χ1n) is 11.3. The molecule has 2 aliphatic heterocycles. The number of β-lactam (4-membered cyclic amide) rings is 1. The third-order valence-corrected chi connectivity index (χ3v) is 8.48. The van der Waals surface area contributed by atoms with Crippen molar-refractivity contribution in [3.8, 4) is 0 Å². The van der Waals surface area contributed by atoms with E-state index in [1.54, 1.807) is 29.1 Å². The number of rotatable bonds is 10. The van der Waals surface area contributed by atoms with E-state index in [2.05, 4.69) is 26.6 Å². The monoisotopic (exact) mass is 606 g/mol. The first-order valence-corrected chi connectivity index (χ1v) is 14.2. The van der Waals surface area contributed by atoms with Gasteiger partial charge >= 0.3 is 5.97 Å². The SMILES string of the molecule is NCCNC(=O)c1ccc[n+](CC2=C(C(=O)O)N3C(=O)[C@H](NC(=O)CSc4cccc(Br)c4)[C@H]3SC2)c1. The van der Waals surface area contributed by atoms with Gasteiger partial charge in [0.2, 0.25) is 5.91 Å². The van der Waals surface area contributed by atoms with Gasteiger partial charge in [-0.25, -0.2) is 9.36 Å². The zero-order chi connectivity index (χ0) is 26.5. The number of halogens is 1. The van der Waals surface area contributed by atoms with Crippen molar-refractivity contribution in [2.45, 2.75) is 22.9 Å². The maximum atomic E-state index is 12.9. The maximum Gasteiger partial charge on any atom is 0.352 e. The Hall–Kier alpha value is -2.87. The van der Waals surface area contributed by atoms with Gasteiger partial charge in [0.25, 0.3) is 11.8 Å². The fraction of sp³-hybridized carbons (Fsp3) is 0.292. The Kier molecular flexibility index (Phi) is 8.90. The number of amides is 3. The van der Waals surface area contributed by atoms with Crippen molar-refractivity contribution in [2.75, 3.05) is 24.6 Å². The van der Waals surface area contributed by atoms with Gasteiger partial charge in [-0.05, 0) is 24.3 Å². The van der Waals surface area contributed by atoms with E-state index in [0.717, 1.165) is 9.37 Å². The number of hydrogen-bond donors (Lipinski definition) is 4. The summed E-state index contributed by atoms with van der Waals surface area (Å²) in [5.41, 5.74) is 6.31. The summed E-state index contributed by atoms with van der Waals surface area (Å²) >= 11 is 6.15. The number of carboxylic acids is 1. The van der Waals surface area contributed by atoms with E-state index in [1.807, 2.05) is 24.3 Å². The van der Waals surface area contributed by atoms with Crippen LogP contribution in [0.2, 0.25) is 0 Å². The summed E-state index contributed by atoms with van der Waals surface area (Å²) < 4.78 is 2.61. The normalized spacial score (nSPS) is 18.6. The molecule has 3 amide bonds. The zero-order valence-electron chi connectivity index (χ0n) is 19.6. The summed E-state index contributed by atoms with van der Waals surface area (Å²) in [7, 11) is 0. The molecule has 1 fully saturated rings. The lowest BCUT2D eigenvalue weighted by molar-refractivity contribution is -0.689. The number of aliphatic carboxylic acids is 1. The van der Waals surface area contributed by atoms with Crippen LogP contribution in [0, 0.1) is 0 Å². The number of hydrogen-bond acceptors (Lipinski definition) is 7. The Balaban J connectivity index is 1.42. The summed E-state index contributed by atoms with van der Waals surface area (Å²) in [6.07, 6.45) is 3.35. The molecular formula is C24H25BrN5O5S2+. The van der Waals surface area contributed by atoms with Crippen LogP contribution in [0.1, 0.15) is 10.4 Å². The Morgan fingerprint density at radius 3 is 2.81 bits per heavy atom. The first-order chi connectivity index (χ1) is 17.8. The highest BCUT2D eigenvalue weighted by atomic mass is 79.9. The molecule has 37 heavy (non-hydrogen) atoms. The van der Waals surface area contributed by atoms with Crippen LogP contribution in [0.3, 0.4) is 0 Å². The number of benzene rings is 1. The molecule has 1 saturated heterocycles. The third-order valence-electron chi connectivity index (χ3n) is 5.66. The third kappa shape index (κ3) is 6.35. The van der Waals surface area contributed by atoms with Crippen molar-refractivity contribution in [1.82, 2.24) is 15.5 Å². The van der Waals surface area contributed by atoms with Crippen LogP contribution in [-0.4, -0.2) is 69.7 Å². The molecule has 2 aliphatic rings. The second-order valence-electron chi connectivity index (χ2n) is 8.27. The van der Waals surface area contributed by atoms with E-state index in [0.29, 0.717) is 30.0 Å².